The molecule has 2 heterocycles. The summed E-state index contributed by atoms with van der Waals surface area (Å²) in [6.45, 7) is 11.5. The second-order valence-corrected chi connectivity index (χ2v) is 25.9. The number of halogens is 8. The minimum atomic E-state index is -4.50. The lowest BCUT2D eigenvalue weighted by molar-refractivity contribution is -0.148. The summed E-state index contributed by atoms with van der Waals surface area (Å²) in [6.07, 6.45) is -5.27. The monoisotopic (exact) mass is 1390 g/mol. The van der Waals surface area contributed by atoms with Crippen molar-refractivity contribution in [2.24, 2.45) is 10.3 Å². The summed E-state index contributed by atoms with van der Waals surface area (Å²) < 4.78 is 127. The molecule has 12 rings (SSSR count). The van der Waals surface area contributed by atoms with Gasteiger partial charge in [0.2, 0.25) is 0 Å². The highest BCUT2D eigenvalue weighted by molar-refractivity contribution is 6.29. The van der Waals surface area contributed by atoms with Crippen LogP contribution in [0.25, 0.3) is 65.2 Å². The van der Waals surface area contributed by atoms with E-state index in [1.54, 1.807) is 36.4 Å². The van der Waals surface area contributed by atoms with Gasteiger partial charge in [-0.15, -0.1) is 0 Å². The predicted molar refractivity (Wildman–Crippen MR) is 381 cm³/mol. The van der Waals surface area contributed by atoms with Crippen LogP contribution in [-0.2, 0) is 32.4 Å². The molecule has 0 radical (unpaired) electrons. The molecule has 0 amide bonds. The lowest BCUT2D eigenvalue weighted by atomic mass is 9.89. The first-order valence-electron chi connectivity index (χ1n) is 33.2. The van der Waals surface area contributed by atoms with Gasteiger partial charge >= 0.3 is 36.6 Å². The summed E-state index contributed by atoms with van der Waals surface area (Å²) in [5.74, 6) is -11.4. The highest BCUT2D eigenvalue weighted by Crippen LogP contribution is 2.42. The van der Waals surface area contributed by atoms with Crippen molar-refractivity contribution in [1.29, 1.82) is 0 Å². The number of ether oxygens (including phenoxy) is 2. The van der Waals surface area contributed by atoms with Gasteiger partial charge in [0, 0.05) is 115 Å². The van der Waals surface area contributed by atoms with E-state index in [9.17, 15) is 44.7 Å². The maximum absolute atomic E-state index is 15.2. The summed E-state index contributed by atoms with van der Waals surface area (Å²) >= 11 is 0. The summed E-state index contributed by atoms with van der Waals surface area (Å²) in [7, 11) is 0. The normalized spacial score (nSPS) is 12.5. The molecule has 2 aromatic heterocycles. The van der Waals surface area contributed by atoms with Crippen molar-refractivity contribution in [2.75, 3.05) is 13.2 Å². The number of alkyl halides is 8. The molecule has 0 aliphatic carbocycles. The lowest BCUT2D eigenvalue weighted by Crippen LogP contribution is -2.34. The van der Waals surface area contributed by atoms with Gasteiger partial charge in [-0.1, -0.05) is 143 Å². The Hall–Kier alpha value is -11.0. The molecule has 12 aromatic rings. The van der Waals surface area contributed by atoms with Gasteiger partial charge in [0.15, 0.2) is 24.8 Å². The Kier molecular flexibility index (Phi) is 20.1. The molecule has 0 unspecified atom stereocenters. The van der Waals surface area contributed by atoms with Crippen molar-refractivity contribution >= 4 is 100 Å². The van der Waals surface area contributed by atoms with Gasteiger partial charge < -0.3 is 28.3 Å². The summed E-state index contributed by atoms with van der Waals surface area (Å²) in [6, 6.07) is 49.5. The Labute approximate surface area is 581 Å². The number of rotatable bonds is 25. The average molecular weight is 1390 g/mol. The van der Waals surface area contributed by atoms with E-state index in [0.29, 0.717) is 91.6 Å². The van der Waals surface area contributed by atoms with Gasteiger partial charge in [0.05, 0.1) is 11.0 Å². The standard InChI is InChI=1S/C82H70F8N4O8/c1-45-35-47(3)71(48(4)36-45)77(97)65-41-63-61-39-53(73(91-101-51(7)95)59-25-15-17-27-69(59)99-43-81(87,88)79(83)84)29-31-67(61)93(75(63)57-23-13-11-21-55(57)65)33-19-9-10-20-34-94-68-32-30-54(74(92-102-52(8)96)60-26-16-18-28-70(60)100-44-82(89,90)80(85)86)40-62(68)64-42-66(56-22-12-14-24-58(56)76(64)94)78(98)72-49(5)37-46(2)38-50(72)6/h11-18,21-32,35-42,79-80H,9-10,19-20,33-34,43-44H2,1-8H3/b91-73-,92-74-. The molecule has 0 saturated heterocycles. The van der Waals surface area contributed by atoms with Crippen LogP contribution < -0.4 is 9.47 Å². The second-order valence-electron chi connectivity index (χ2n) is 25.9. The number of ketones is 2. The molecule has 0 spiro atoms. The lowest BCUT2D eigenvalue weighted by Gasteiger charge is -2.18. The minimum Gasteiger partial charge on any atom is -0.486 e. The zero-order chi connectivity index (χ0) is 72.6. The van der Waals surface area contributed by atoms with Crippen molar-refractivity contribution in [3.8, 4) is 11.5 Å². The first-order valence-corrected chi connectivity index (χ1v) is 33.2. The van der Waals surface area contributed by atoms with Crippen LogP contribution in [0.5, 0.6) is 11.5 Å². The van der Waals surface area contributed by atoms with Crippen LogP contribution >= 0.6 is 0 Å². The molecule has 20 heteroatoms. The molecule has 10 aromatic carbocycles. The van der Waals surface area contributed by atoms with Crippen molar-refractivity contribution < 1.29 is 73.5 Å². The van der Waals surface area contributed by atoms with E-state index in [1.807, 2.05) is 139 Å². The predicted octanol–water partition coefficient (Wildman–Crippen LogP) is 20.0. The molecule has 102 heavy (non-hydrogen) atoms. The Bertz CT molecular complexity index is 5040. The SMILES string of the molecule is CC(=O)O/N=C(/c1ccc2c(c1)c1cc(C(=O)c3c(C)cc(C)cc3C)c3ccccc3c1n2CCCCCCn1c2ccc(/C(=N/OC(C)=O)c3ccccc3OCC(F)(F)C(F)F)cc2c2cc(C(=O)c3c(C)cc(C)cc3C)c3ccccc3c21)c1ccccc1OCC(F)(F)C(F)F. The third-order valence-corrected chi connectivity index (χ3v) is 18.4. The number of aromatic nitrogens is 2. The smallest absolute Gasteiger partial charge is 0.340 e. The third-order valence-electron chi connectivity index (χ3n) is 18.4. The minimum absolute atomic E-state index is 0.0300. The number of hydrogen-bond donors (Lipinski definition) is 0. The summed E-state index contributed by atoms with van der Waals surface area (Å²) in [5, 5.41) is 14.1. The molecular weight excluding hydrogens is 1320 g/mol. The first kappa shape index (κ1) is 70.8. The van der Waals surface area contributed by atoms with Crippen LogP contribution in [0.4, 0.5) is 35.1 Å². The molecule has 522 valence electrons. The van der Waals surface area contributed by atoms with Gasteiger partial charge in [-0.3, -0.25) is 9.59 Å². The third kappa shape index (κ3) is 14.0. The zero-order valence-electron chi connectivity index (χ0n) is 57.1. The number of benzene rings is 10. The van der Waals surface area contributed by atoms with Gasteiger partial charge in [0.25, 0.3) is 0 Å². The number of fused-ring (bicyclic) bond motifs is 10. The van der Waals surface area contributed by atoms with Crippen LogP contribution in [0, 0.1) is 41.5 Å². The van der Waals surface area contributed by atoms with E-state index in [2.05, 4.69) is 19.4 Å². The van der Waals surface area contributed by atoms with E-state index >= 15 is 9.59 Å². The summed E-state index contributed by atoms with van der Waals surface area (Å²) in [4.78, 5) is 65.6. The maximum atomic E-state index is 15.2. The second kappa shape index (κ2) is 28.9. The van der Waals surface area contributed by atoms with Crippen molar-refractivity contribution in [2.45, 2.75) is 119 Å². The van der Waals surface area contributed by atoms with E-state index in [4.69, 9.17) is 19.1 Å². The fraction of sp³-hybridized carbons (Fsp3) is 0.244. The fourth-order valence-electron chi connectivity index (χ4n) is 14.1. The fourth-order valence-corrected chi connectivity index (χ4v) is 14.1. The van der Waals surface area contributed by atoms with Gasteiger partial charge in [-0.2, -0.15) is 17.6 Å². The Morgan fingerprint density at radius 3 is 1.10 bits per heavy atom. The quantitative estimate of drug-likeness (QED) is 0.0138. The molecule has 0 bridgehead atoms. The van der Waals surface area contributed by atoms with Crippen LogP contribution in [0.1, 0.15) is 127 Å². The van der Waals surface area contributed by atoms with Crippen molar-refractivity contribution in [1.82, 2.24) is 9.13 Å². The van der Waals surface area contributed by atoms with Gasteiger partial charge in [-0.05, 0) is 148 Å². The van der Waals surface area contributed by atoms with Gasteiger partial charge in [0.1, 0.15) is 22.9 Å². The van der Waals surface area contributed by atoms with E-state index in [-0.39, 0.29) is 45.6 Å². The number of hydrogen-bond acceptors (Lipinski definition) is 10. The molecule has 12 nitrogen and oxygen atoms in total. The van der Waals surface area contributed by atoms with E-state index < -0.39 is 49.8 Å². The first-order chi connectivity index (χ1) is 48.7. The number of unbranched alkanes of at least 4 members (excludes halogenated alkanes) is 3. The number of nitrogens with zero attached hydrogens (tertiary/aromatic N) is 4. The molecule has 0 saturated carbocycles. The molecule has 0 aliphatic rings. The Morgan fingerprint density at radius 2 is 0.745 bits per heavy atom. The number of carbonyl (C=O) groups excluding carboxylic acids is 4. The van der Waals surface area contributed by atoms with E-state index in [1.165, 1.54) is 36.4 Å². The largest absolute Gasteiger partial charge is 0.486 e. The van der Waals surface area contributed by atoms with Crippen molar-refractivity contribution in [3.05, 3.63) is 248 Å². The summed E-state index contributed by atoms with van der Waals surface area (Å²) in [5.41, 5.74) is 11.2. The van der Waals surface area contributed by atoms with Crippen molar-refractivity contribution in [3.63, 3.8) is 0 Å². The number of para-hydroxylation sites is 2. The molecular formula is C82H70F8N4O8. The van der Waals surface area contributed by atoms with Crippen LogP contribution in [0.15, 0.2) is 180 Å². The molecule has 0 fully saturated rings. The molecule has 0 N–H and O–H groups in total. The number of oxime groups is 2. The Morgan fingerprint density at radius 1 is 0.402 bits per heavy atom. The number of carbonyl (C=O) groups is 4. The van der Waals surface area contributed by atoms with Crippen LogP contribution in [0.2, 0.25) is 0 Å². The Balaban J connectivity index is 0.940. The highest BCUT2D eigenvalue weighted by Gasteiger charge is 2.43. The van der Waals surface area contributed by atoms with Crippen LogP contribution in [0.3, 0.4) is 0 Å². The topological polar surface area (TPSA) is 140 Å². The van der Waals surface area contributed by atoms with Gasteiger partial charge in [-0.25, -0.2) is 27.2 Å². The average Bonchev–Trinajstić information content (AvgIpc) is 1.55. The van der Waals surface area contributed by atoms with Crippen LogP contribution in [-0.4, -0.2) is 82.0 Å². The molecule has 0 atom stereocenters. The maximum Gasteiger partial charge on any atom is 0.340 e. The van der Waals surface area contributed by atoms with E-state index in [0.717, 1.165) is 92.9 Å². The molecule has 0 aliphatic heterocycles. The highest BCUT2D eigenvalue weighted by atomic mass is 19.3. The number of aryl methyl sites for hydroxylation is 8. The zero-order valence-corrected chi connectivity index (χ0v) is 57.1.